The number of rotatable bonds is 4. The van der Waals surface area contributed by atoms with Gasteiger partial charge in [-0.25, -0.2) is 0 Å². The number of likely N-dealkylation sites (N-methyl/N-ethyl adjacent to an activating group) is 1. The predicted molar refractivity (Wildman–Crippen MR) is 123 cm³/mol. The van der Waals surface area contributed by atoms with Crippen LogP contribution in [0.25, 0.3) is 0 Å². The van der Waals surface area contributed by atoms with Crippen LogP contribution < -0.4 is 0 Å². The average molecular weight is 515 g/mol. The molecule has 1 saturated heterocycles. The number of aliphatic carboxylic acids is 1. The molecule has 182 valence electrons. The molecule has 3 aliphatic rings. The number of carboxylic acid groups (broad SMARTS) is 1. The first-order valence-corrected chi connectivity index (χ1v) is 11.4. The van der Waals surface area contributed by atoms with Crippen LogP contribution in [0.3, 0.4) is 0 Å². The van der Waals surface area contributed by atoms with Gasteiger partial charge in [-0.15, -0.1) is 0 Å². The van der Waals surface area contributed by atoms with Crippen molar-refractivity contribution in [2.24, 2.45) is 17.3 Å². The molecule has 0 spiro atoms. The summed E-state index contributed by atoms with van der Waals surface area (Å²) >= 11 is 13.0. The highest BCUT2D eigenvalue weighted by Crippen LogP contribution is 2.44. The third-order valence-electron chi connectivity index (χ3n) is 6.83. The van der Waals surface area contributed by atoms with Crippen molar-refractivity contribution in [3.8, 4) is 0 Å². The lowest BCUT2D eigenvalue weighted by atomic mass is 9.81. The maximum atomic E-state index is 13.3. The highest BCUT2D eigenvalue weighted by molar-refractivity contribution is 6.38. The molecule has 1 N–H and O–H groups in total. The van der Waals surface area contributed by atoms with Crippen LogP contribution in [0.4, 0.5) is 13.2 Å². The zero-order valence-corrected chi connectivity index (χ0v) is 20.2. The molecule has 1 aromatic carbocycles. The smallest absolute Gasteiger partial charge is 0.416 e. The van der Waals surface area contributed by atoms with E-state index in [2.05, 4.69) is 0 Å². The number of carbonyl (C=O) groups excluding carboxylic acids is 1. The normalized spacial score (nSPS) is 23.6. The van der Waals surface area contributed by atoms with Gasteiger partial charge in [0.05, 0.1) is 16.2 Å². The van der Waals surface area contributed by atoms with Crippen molar-refractivity contribution in [3.63, 3.8) is 0 Å². The van der Waals surface area contributed by atoms with Gasteiger partial charge >= 0.3 is 12.1 Å². The van der Waals surface area contributed by atoms with Gasteiger partial charge in [0.2, 0.25) is 0 Å². The first-order valence-electron chi connectivity index (χ1n) is 10.7. The number of nitrogens with zero attached hydrogens (tertiary/aromatic N) is 2. The van der Waals surface area contributed by atoms with Crippen molar-refractivity contribution in [2.45, 2.75) is 26.4 Å². The molecule has 0 bridgehead atoms. The predicted octanol–water partition coefficient (Wildman–Crippen LogP) is 5.55. The summed E-state index contributed by atoms with van der Waals surface area (Å²) in [5.41, 5.74) is 0.324. The summed E-state index contributed by atoms with van der Waals surface area (Å²) < 4.78 is 39.9. The standard InChI is InChI=1S/C24H23Cl2F3N2O3/c1-12-6-13(24(27,28)29)7-19-16(12)8-14(30(19)3)9-17-18(25)5-4-15(20(17)26)21(32)31-10-23(2,11-31)22(33)34/h4-8,12,16H,9-11H2,1-3H3,(H,33,34). The molecule has 1 aromatic rings. The van der Waals surface area contributed by atoms with Crippen LogP contribution in [0, 0.1) is 17.3 Å². The first-order chi connectivity index (χ1) is 15.7. The highest BCUT2D eigenvalue weighted by Gasteiger charge is 2.48. The lowest BCUT2D eigenvalue weighted by Crippen LogP contribution is -2.60. The van der Waals surface area contributed by atoms with Gasteiger partial charge in [0.15, 0.2) is 0 Å². The third-order valence-corrected chi connectivity index (χ3v) is 7.61. The molecular formula is C24H23Cl2F3N2O3. The number of alkyl halides is 3. The number of halogens is 5. The second-order valence-electron chi connectivity index (χ2n) is 9.38. The minimum Gasteiger partial charge on any atom is -0.481 e. The van der Waals surface area contributed by atoms with E-state index in [9.17, 15) is 27.9 Å². The van der Waals surface area contributed by atoms with E-state index in [1.54, 1.807) is 31.9 Å². The van der Waals surface area contributed by atoms with Crippen molar-refractivity contribution in [1.82, 2.24) is 9.80 Å². The maximum absolute atomic E-state index is 13.3. The van der Waals surface area contributed by atoms with Crippen molar-refractivity contribution in [1.29, 1.82) is 0 Å². The quantitative estimate of drug-likeness (QED) is 0.572. The molecule has 0 saturated carbocycles. The van der Waals surface area contributed by atoms with Crippen molar-refractivity contribution in [3.05, 3.63) is 68.5 Å². The van der Waals surface area contributed by atoms with E-state index in [1.165, 1.54) is 23.1 Å². The van der Waals surface area contributed by atoms with E-state index in [0.29, 0.717) is 16.3 Å². The minimum absolute atomic E-state index is 0.0750. The largest absolute Gasteiger partial charge is 0.481 e. The fourth-order valence-corrected chi connectivity index (χ4v) is 5.29. The Morgan fingerprint density at radius 3 is 2.44 bits per heavy atom. The van der Waals surface area contributed by atoms with E-state index in [4.69, 9.17) is 23.2 Å². The molecule has 2 unspecified atom stereocenters. The second-order valence-corrected chi connectivity index (χ2v) is 10.2. The van der Waals surface area contributed by atoms with Gasteiger partial charge in [0.1, 0.15) is 5.41 Å². The van der Waals surface area contributed by atoms with Crippen LogP contribution >= 0.6 is 23.2 Å². The Kier molecular flexibility index (Phi) is 6.05. The molecule has 1 fully saturated rings. The average Bonchev–Trinajstić information content (AvgIpc) is 3.03. The van der Waals surface area contributed by atoms with Gasteiger partial charge in [0.25, 0.3) is 5.91 Å². The number of hydrogen-bond acceptors (Lipinski definition) is 3. The Balaban J connectivity index is 1.58. The molecule has 2 aliphatic heterocycles. The number of amides is 1. The molecule has 1 aliphatic carbocycles. The Hall–Kier alpha value is -2.45. The third kappa shape index (κ3) is 4.11. The fraction of sp³-hybridized carbons (Fsp3) is 0.417. The number of carboxylic acids is 1. The fourth-order valence-electron chi connectivity index (χ4n) is 4.71. The Bertz CT molecular complexity index is 1170. The first kappa shape index (κ1) is 24.7. The zero-order chi connectivity index (χ0) is 25.2. The molecule has 2 atom stereocenters. The summed E-state index contributed by atoms with van der Waals surface area (Å²) in [5, 5.41) is 9.77. The van der Waals surface area contributed by atoms with E-state index < -0.39 is 23.1 Å². The summed E-state index contributed by atoms with van der Waals surface area (Å²) in [7, 11) is 1.70. The van der Waals surface area contributed by atoms with Crippen LogP contribution in [0.2, 0.25) is 10.0 Å². The van der Waals surface area contributed by atoms with Crippen LogP contribution in [0.1, 0.15) is 29.8 Å². The molecular weight excluding hydrogens is 492 g/mol. The van der Waals surface area contributed by atoms with Gasteiger partial charge in [-0.3, -0.25) is 9.59 Å². The number of likely N-dealkylation sites (tertiary alicyclic amines) is 1. The molecule has 5 nitrogen and oxygen atoms in total. The van der Waals surface area contributed by atoms with E-state index in [-0.39, 0.29) is 47.8 Å². The van der Waals surface area contributed by atoms with Gasteiger partial charge in [0, 0.05) is 48.9 Å². The molecule has 34 heavy (non-hydrogen) atoms. The number of carbonyl (C=O) groups is 2. The summed E-state index contributed by atoms with van der Waals surface area (Å²) in [4.78, 5) is 27.4. The van der Waals surface area contributed by atoms with Crippen molar-refractivity contribution >= 4 is 35.1 Å². The summed E-state index contributed by atoms with van der Waals surface area (Å²) in [6, 6.07) is 3.06. The van der Waals surface area contributed by atoms with Crippen LogP contribution in [0.15, 0.2) is 47.3 Å². The second kappa shape index (κ2) is 8.34. The number of fused-ring (bicyclic) bond motifs is 1. The van der Waals surface area contributed by atoms with E-state index >= 15 is 0 Å². The van der Waals surface area contributed by atoms with Crippen LogP contribution in [-0.4, -0.2) is 53.1 Å². The molecule has 1 amide bonds. The summed E-state index contributed by atoms with van der Waals surface area (Å²) in [6.45, 7) is 3.47. The zero-order valence-electron chi connectivity index (χ0n) is 18.7. The summed E-state index contributed by atoms with van der Waals surface area (Å²) in [5.74, 6) is -1.91. The highest BCUT2D eigenvalue weighted by atomic mass is 35.5. The monoisotopic (exact) mass is 514 g/mol. The maximum Gasteiger partial charge on any atom is 0.416 e. The van der Waals surface area contributed by atoms with Crippen LogP contribution in [0.5, 0.6) is 0 Å². The Labute approximate surface area is 205 Å². The Morgan fingerprint density at radius 1 is 1.21 bits per heavy atom. The minimum atomic E-state index is -4.43. The molecule has 0 aromatic heterocycles. The van der Waals surface area contributed by atoms with Gasteiger partial charge in [-0.1, -0.05) is 42.3 Å². The number of benzene rings is 1. The van der Waals surface area contributed by atoms with Gasteiger partial charge < -0.3 is 14.9 Å². The topological polar surface area (TPSA) is 60.9 Å². The lowest BCUT2D eigenvalue weighted by molar-refractivity contribution is -0.155. The van der Waals surface area contributed by atoms with Crippen molar-refractivity contribution in [2.75, 3.05) is 20.1 Å². The number of hydrogen-bond donors (Lipinski definition) is 1. The van der Waals surface area contributed by atoms with Crippen LogP contribution in [-0.2, 0) is 11.2 Å². The van der Waals surface area contributed by atoms with Gasteiger partial charge in [-0.05, 0) is 36.6 Å². The molecule has 2 heterocycles. The summed E-state index contributed by atoms with van der Waals surface area (Å²) in [6.07, 6.45) is 0.114. The lowest BCUT2D eigenvalue weighted by Gasteiger charge is -2.45. The van der Waals surface area contributed by atoms with E-state index in [0.717, 1.165) is 5.70 Å². The van der Waals surface area contributed by atoms with Gasteiger partial charge in [-0.2, -0.15) is 13.2 Å². The molecule has 0 radical (unpaired) electrons. The Morgan fingerprint density at radius 2 is 1.85 bits per heavy atom. The van der Waals surface area contributed by atoms with E-state index in [1.807, 2.05) is 6.08 Å². The molecule has 10 heteroatoms. The van der Waals surface area contributed by atoms with Crippen molar-refractivity contribution < 1.29 is 27.9 Å². The SMILES string of the molecule is CC1C=C(C(F)(F)F)C=C2C1C=C(Cc1c(Cl)ccc(C(=O)N3CC(C)(C(=O)O)C3)c1Cl)N2C. The number of allylic oxidation sites excluding steroid dienone is 5. The molecule has 4 rings (SSSR count).